The van der Waals surface area contributed by atoms with Gasteiger partial charge in [-0.15, -0.1) is 0 Å². The van der Waals surface area contributed by atoms with Crippen molar-refractivity contribution in [1.82, 2.24) is 19.4 Å². The molecule has 1 amide bonds. The number of aromatic nitrogens is 3. The van der Waals surface area contributed by atoms with Crippen LogP contribution in [0.15, 0.2) is 35.6 Å². The molecule has 0 spiro atoms. The average Bonchev–Trinajstić information content (AvgIpc) is 2.64. The van der Waals surface area contributed by atoms with Crippen LogP contribution in [0.3, 0.4) is 0 Å². The Morgan fingerprint density at radius 3 is 2.85 bits per heavy atom. The third-order valence-corrected chi connectivity index (χ3v) is 4.78. The lowest BCUT2D eigenvalue weighted by molar-refractivity contribution is -0.133. The summed E-state index contributed by atoms with van der Waals surface area (Å²) in [6.07, 6.45) is 6.34. The molecular formula is C18H21ClN4O3. The summed E-state index contributed by atoms with van der Waals surface area (Å²) >= 11 is 6.03. The Balaban J connectivity index is 1.48. The Hall–Kier alpha value is -2.41. The number of amides is 1. The van der Waals surface area contributed by atoms with Crippen LogP contribution in [0.2, 0.25) is 5.02 Å². The van der Waals surface area contributed by atoms with Crippen LogP contribution in [0.5, 0.6) is 5.75 Å². The van der Waals surface area contributed by atoms with Gasteiger partial charge < -0.3 is 9.64 Å². The fraction of sp³-hybridized carbons (Fsp3) is 0.444. The van der Waals surface area contributed by atoms with E-state index in [2.05, 4.69) is 9.97 Å². The van der Waals surface area contributed by atoms with E-state index < -0.39 is 0 Å². The van der Waals surface area contributed by atoms with Crippen molar-refractivity contribution in [3.8, 4) is 5.75 Å². The van der Waals surface area contributed by atoms with Crippen molar-refractivity contribution in [1.29, 1.82) is 0 Å². The molecule has 7 nitrogen and oxygen atoms in total. The van der Waals surface area contributed by atoms with Gasteiger partial charge in [0.2, 0.25) is 5.91 Å². The van der Waals surface area contributed by atoms with Gasteiger partial charge in [0.25, 0.3) is 5.56 Å². The number of halogens is 1. The monoisotopic (exact) mass is 376 g/mol. The van der Waals surface area contributed by atoms with Crippen molar-refractivity contribution in [3.63, 3.8) is 0 Å². The van der Waals surface area contributed by atoms with E-state index in [-0.39, 0.29) is 18.0 Å². The Morgan fingerprint density at radius 1 is 1.38 bits per heavy atom. The number of piperidine rings is 1. The second-order valence-electron chi connectivity index (χ2n) is 6.44. The summed E-state index contributed by atoms with van der Waals surface area (Å²) < 4.78 is 7.11. The predicted octanol–water partition coefficient (Wildman–Crippen LogP) is 1.92. The first-order valence-corrected chi connectivity index (χ1v) is 8.94. The number of likely N-dealkylation sites (tertiary alicyclic amines) is 1. The summed E-state index contributed by atoms with van der Waals surface area (Å²) in [7, 11) is 0. The number of pyridine rings is 1. The third kappa shape index (κ3) is 4.60. The molecule has 3 heterocycles. The zero-order valence-electron chi connectivity index (χ0n) is 14.6. The summed E-state index contributed by atoms with van der Waals surface area (Å²) in [5.41, 5.74) is 0.442. The molecule has 138 valence electrons. The topological polar surface area (TPSA) is 77.3 Å². The first-order valence-electron chi connectivity index (χ1n) is 8.56. The number of carbonyl (C=O) groups is 1. The smallest absolute Gasteiger partial charge is 0.253 e. The van der Waals surface area contributed by atoms with Gasteiger partial charge >= 0.3 is 0 Å². The van der Waals surface area contributed by atoms with Crippen molar-refractivity contribution < 1.29 is 9.53 Å². The van der Waals surface area contributed by atoms with E-state index in [1.807, 2.05) is 0 Å². The van der Waals surface area contributed by atoms with E-state index in [1.54, 1.807) is 30.3 Å². The molecule has 0 unspecified atom stereocenters. The van der Waals surface area contributed by atoms with Crippen molar-refractivity contribution >= 4 is 17.5 Å². The number of ether oxygens (including phenoxy) is 1. The molecule has 1 aliphatic rings. The zero-order chi connectivity index (χ0) is 18.5. The van der Waals surface area contributed by atoms with Gasteiger partial charge in [0, 0.05) is 43.3 Å². The van der Waals surface area contributed by atoms with Crippen LogP contribution in [-0.4, -0.2) is 45.0 Å². The van der Waals surface area contributed by atoms with E-state index in [1.165, 1.54) is 17.0 Å². The quantitative estimate of drug-likeness (QED) is 0.796. The zero-order valence-corrected chi connectivity index (χ0v) is 15.4. The molecule has 0 atom stereocenters. The number of nitrogens with zero attached hydrogens (tertiary/aromatic N) is 4. The summed E-state index contributed by atoms with van der Waals surface area (Å²) in [5, 5.41) is 0.497. The standard InChI is InChI=1S/C18H21ClN4O3/c1-13-8-17(24)23(12-21-13)10-18(25)22-6-3-14(4-7-22)11-26-16-2-5-20-9-15(16)19/h2,5,8-9,12,14H,3-4,6-7,10-11H2,1H3. The normalized spacial score (nSPS) is 15.1. The van der Waals surface area contributed by atoms with Crippen LogP contribution in [0.1, 0.15) is 18.5 Å². The first-order chi connectivity index (χ1) is 12.5. The summed E-state index contributed by atoms with van der Waals surface area (Å²) in [4.78, 5) is 34.1. The Morgan fingerprint density at radius 2 is 2.15 bits per heavy atom. The Kier molecular flexibility index (Phi) is 5.88. The van der Waals surface area contributed by atoms with E-state index >= 15 is 0 Å². The van der Waals surface area contributed by atoms with E-state index in [0.717, 1.165) is 12.8 Å². The maximum atomic E-state index is 12.4. The molecule has 8 heteroatoms. The molecule has 0 aliphatic carbocycles. The molecule has 1 aliphatic heterocycles. The molecule has 0 bridgehead atoms. The number of rotatable bonds is 5. The van der Waals surface area contributed by atoms with E-state index in [0.29, 0.717) is 42.1 Å². The van der Waals surface area contributed by atoms with Gasteiger partial charge in [-0.1, -0.05) is 11.6 Å². The lowest BCUT2D eigenvalue weighted by Gasteiger charge is -2.32. The molecule has 0 aromatic carbocycles. The molecule has 0 radical (unpaired) electrons. The van der Waals surface area contributed by atoms with Gasteiger partial charge in [0.15, 0.2) is 0 Å². The fourth-order valence-corrected chi connectivity index (χ4v) is 3.09. The summed E-state index contributed by atoms with van der Waals surface area (Å²) in [6.45, 7) is 3.66. The van der Waals surface area contributed by atoms with Crippen molar-refractivity contribution in [3.05, 3.63) is 51.9 Å². The molecule has 0 N–H and O–H groups in total. The van der Waals surface area contributed by atoms with Crippen LogP contribution >= 0.6 is 11.6 Å². The van der Waals surface area contributed by atoms with Gasteiger partial charge in [-0.2, -0.15) is 0 Å². The highest BCUT2D eigenvalue weighted by molar-refractivity contribution is 6.31. The average molecular weight is 377 g/mol. The van der Waals surface area contributed by atoms with Gasteiger partial charge in [-0.25, -0.2) is 4.98 Å². The van der Waals surface area contributed by atoms with Gasteiger partial charge in [-0.3, -0.25) is 19.1 Å². The summed E-state index contributed by atoms with van der Waals surface area (Å²) in [6, 6.07) is 3.18. The molecule has 1 saturated heterocycles. The molecule has 0 saturated carbocycles. The Bertz CT molecular complexity index is 831. The maximum absolute atomic E-state index is 12.4. The predicted molar refractivity (Wildman–Crippen MR) is 97.3 cm³/mol. The lowest BCUT2D eigenvalue weighted by Crippen LogP contribution is -2.42. The van der Waals surface area contributed by atoms with Gasteiger partial charge in [0.1, 0.15) is 17.3 Å². The minimum absolute atomic E-state index is 0.0277. The molecular weight excluding hydrogens is 356 g/mol. The number of carbonyl (C=O) groups excluding carboxylic acids is 1. The highest BCUT2D eigenvalue weighted by atomic mass is 35.5. The van der Waals surface area contributed by atoms with Crippen molar-refractivity contribution in [2.75, 3.05) is 19.7 Å². The minimum Gasteiger partial charge on any atom is -0.492 e. The second kappa shape index (κ2) is 8.31. The van der Waals surface area contributed by atoms with Crippen LogP contribution in [-0.2, 0) is 11.3 Å². The molecule has 26 heavy (non-hydrogen) atoms. The highest BCUT2D eigenvalue weighted by Crippen LogP contribution is 2.24. The maximum Gasteiger partial charge on any atom is 0.253 e. The van der Waals surface area contributed by atoms with Crippen molar-refractivity contribution in [2.24, 2.45) is 5.92 Å². The van der Waals surface area contributed by atoms with Gasteiger partial charge in [-0.05, 0) is 25.7 Å². The molecule has 3 rings (SSSR count). The number of aryl methyl sites for hydroxylation is 1. The summed E-state index contributed by atoms with van der Waals surface area (Å²) in [5.74, 6) is 0.938. The SMILES string of the molecule is Cc1cc(=O)n(CC(=O)N2CCC(COc3ccncc3Cl)CC2)cn1. The van der Waals surface area contributed by atoms with Crippen LogP contribution in [0.25, 0.3) is 0 Å². The van der Waals surface area contributed by atoms with Crippen LogP contribution in [0, 0.1) is 12.8 Å². The second-order valence-corrected chi connectivity index (χ2v) is 6.84. The van der Waals surface area contributed by atoms with Crippen molar-refractivity contribution in [2.45, 2.75) is 26.3 Å². The minimum atomic E-state index is -0.205. The molecule has 2 aromatic heterocycles. The third-order valence-electron chi connectivity index (χ3n) is 4.50. The molecule has 1 fully saturated rings. The largest absolute Gasteiger partial charge is 0.492 e. The van der Waals surface area contributed by atoms with E-state index in [9.17, 15) is 9.59 Å². The van der Waals surface area contributed by atoms with Crippen LogP contribution in [0.4, 0.5) is 0 Å². The van der Waals surface area contributed by atoms with Gasteiger partial charge in [0.05, 0.1) is 12.9 Å². The fourth-order valence-electron chi connectivity index (χ4n) is 2.92. The van der Waals surface area contributed by atoms with Crippen LogP contribution < -0.4 is 10.3 Å². The lowest BCUT2D eigenvalue weighted by atomic mass is 9.98. The Labute approximate surface area is 156 Å². The first kappa shape index (κ1) is 18.4. The van der Waals surface area contributed by atoms with E-state index in [4.69, 9.17) is 16.3 Å². The number of hydrogen-bond donors (Lipinski definition) is 0. The molecule has 2 aromatic rings. The number of hydrogen-bond acceptors (Lipinski definition) is 5. The highest BCUT2D eigenvalue weighted by Gasteiger charge is 2.23.